The quantitative estimate of drug-likeness (QED) is 0.185. The highest BCUT2D eigenvalue weighted by molar-refractivity contribution is 6.05. The summed E-state index contributed by atoms with van der Waals surface area (Å²) in [6.07, 6.45) is 4.83. The van der Waals surface area contributed by atoms with Gasteiger partial charge in [0.25, 0.3) is 5.91 Å². The number of aliphatic hydroxyl groups is 1. The Hall–Kier alpha value is -4.48. The molecule has 3 saturated heterocycles. The van der Waals surface area contributed by atoms with Crippen LogP contribution in [0.25, 0.3) is 0 Å². The highest BCUT2D eigenvalue weighted by atomic mass is 16.5. The number of carbonyl (C=O) groups is 4. The second-order valence-corrected chi connectivity index (χ2v) is 13.4. The van der Waals surface area contributed by atoms with Crippen molar-refractivity contribution >= 4 is 29.4 Å². The fourth-order valence-electron chi connectivity index (χ4n) is 7.85. The smallest absolute Gasteiger partial charge is 0.306 e. The van der Waals surface area contributed by atoms with E-state index in [-0.39, 0.29) is 43.9 Å². The molecule has 2 aromatic carbocycles. The third-order valence-corrected chi connectivity index (χ3v) is 10.6. The first-order chi connectivity index (χ1) is 24.1. The van der Waals surface area contributed by atoms with Gasteiger partial charge in [-0.15, -0.1) is 13.2 Å². The van der Waals surface area contributed by atoms with Crippen LogP contribution in [-0.4, -0.2) is 84.4 Å². The summed E-state index contributed by atoms with van der Waals surface area (Å²) >= 11 is 0. The van der Waals surface area contributed by atoms with Crippen LogP contribution in [0, 0.1) is 17.8 Å². The zero-order valence-corrected chi connectivity index (χ0v) is 29.2. The van der Waals surface area contributed by atoms with E-state index in [1.807, 2.05) is 44.2 Å². The molecule has 3 fully saturated rings. The number of amides is 3. The molecule has 11 nitrogen and oxygen atoms in total. The molecule has 0 aromatic heterocycles. The fraction of sp³-hybridized carbons (Fsp3) is 0.487. The average molecular weight is 688 g/mol. The van der Waals surface area contributed by atoms with Crippen molar-refractivity contribution in [2.24, 2.45) is 17.8 Å². The van der Waals surface area contributed by atoms with Crippen molar-refractivity contribution in [1.82, 2.24) is 10.2 Å². The molecule has 50 heavy (non-hydrogen) atoms. The summed E-state index contributed by atoms with van der Waals surface area (Å²) in [5.41, 5.74) is 0.0370. The summed E-state index contributed by atoms with van der Waals surface area (Å²) in [7, 11) is 1.56. The Labute approximate surface area is 294 Å². The Morgan fingerprint density at radius 2 is 1.86 bits per heavy atom. The molecule has 3 aliphatic rings. The van der Waals surface area contributed by atoms with Crippen molar-refractivity contribution in [1.29, 1.82) is 0 Å². The number of benzene rings is 2. The van der Waals surface area contributed by atoms with Gasteiger partial charge in [0.05, 0.1) is 43.7 Å². The first kappa shape index (κ1) is 36.8. The van der Waals surface area contributed by atoms with E-state index < -0.39 is 53.5 Å². The van der Waals surface area contributed by atoms with E-state index in [0.29, 0.717) is 37.1 Å². The monoisotopic (exact) mass is 687 g/mol. The lowest BCUT2D eigenvalue weighted by Crippen LogP contribution is -2.60. The van der Waals surface area contributed by atoms with Crippen LogP contribution < -0.4 is 15.0 Å². The van der Waals surface area contributed by atoms with E-state index in [4.69, 9.17) is 14.2 Å². The number of methoxy groups -OCH3 is 1. The molecular formula is C39H49N3O8. The van der Waals surface area contributed by atoms with Gasteiger partial charge in [0.2, 0.25) is 11.8 Å². The van der Waals surface area contributed by atoms with E-state index >= 15 is 0 Å². The summed E-state index contributed by atoms with van der Waals surface area (Å²) in [5.74, 6) is -2.96. The summed E-state index contributed by atoms with van der Waals surface area (Å²) in [4.78, 5) is 59.5. The van der Waals surface area contributed by atoms with Gasteiger partial charge in [-0.2, -0.15) is 0 Å². The number of anilines is 1. The molecule has 3 aliphatic heterocycles. The highest BCUT2D eigenvalue weighted by Gasteiger charge is 2.75. The maximum atomic E-state index is 14.9. The van der Waals surface area contributed by atoms with Crippen LogP contribution in [0.2, 0.25) is 0 Å². The van der Waals surface area contributed by atoms with Crippen LogP contribution >= 0.6 is 0 Å². The predicted octanol–water partition coefficient (Wildman–Crippen LogP) is 4.36. The first-order valence-electron chi connectivity index (χ1n) is 17.4. The molecule has 268 valence electrons. The zero-order valence-electron chi connectivity index (χ0n) is 29.2. The third kappa shape index (κ3) is 6.93. The number of aliphatic hydroxyl groups excluding tert-OH is 1. The molecule has 2 N–H and O–H groups in total. The molecule has 11 heteroatoms. The van der Waals surface area contributed by atoms with Crippen LogP contribution in [0.5, 0.6) is 5.75 Å². The first-order valence-corrected chi connectivity index (χ1v) is 17.4. The molecule has 3 amide bonds. The van der Waals surface area contributed by atoms with Gasteiger partial charge in [-0.1, -0.05) is 62.8 Å². The lowest BCUT2D eigenvalue weighted by atomic mass is 9.70. The van der Waals surface area contributed by atoms with Crippen molar-refractivity contribution in [3.8, 4) is 5.75 Å². The molecule has 0 unspecified atom stereocenters. The summed E-state index contributed by atoms with van der Waals surface area (Å²) in [6.45, 7) is 11.1. The Morgan fingerprint density at radius 3 is 2.48 bits per heavy atom. The van der Waals surface area contributed by atoms with Crippen LogP contribution in [0.4, 0.5) is 5.69 Å². The fourth-order valence-corrected chi connectivity index (χ4v) is 7.85. The molecule has 8 atom stereocenters. The van der Waals surface area contributed by atoms with Crippen LogP contribution in [0.15, 0.2) is 79.9 Å². The molecule has 5 rings (SSSR count). The predicted molar refractivity (Wildman–Crippen MR) is 188 cm³/mol. The molecule has 0 aliphatic carbocycles. The second kappa shape index (κ2) is 16.0. The normalized spacial score (nSPS) is 25.3. The number of hydrogen-bond donors (Lipinski definition) is 2. The van der Waals surface area contributed by atoms with Crippen LogP contribution in [-0.2, 0) is 28.7 Å². The molecular weight excluding hydrogens is 638 g/mol. The van der Waals surface area contributed by atoms with Gasteiger partial charge in [0, 0.05) is 18.7 Å². The molecule has 3 heterocycles. The number of fused-ring (bicyclic) bond motifs is 1. The minimum atomic E-state index is -1.28. The van der Waals surface area contributed by atoms with Gasteiger partial charge in [-0.25, -0.2) is 0 Å². The lowest BCUT2D eigenvalue weighted by molar-refractivity contribution is -0.147. The second-order valence-electron chi connectivity index (χ2n) is 13.4. The molecule has 1 spiro atoms. The van der Waals surface area contributed by atoms with Crippen molar-refractivity contribution in [2.75, 3.05) is 31.8 Å². The Morgan fingerprint density at radius 1 is 1.14 bits per heavy atom. The number of allylic oxidation sites excluding steroid dienone is 1. The largest absolute Gasteiger partial charge is 0.497 e. The molecule has 0 radical (unpaired) electrons. The van der Waals surface area contributed by atoms with Gasteiger partial charge >= 0.3 is 5.97 Å². The molecule has 0 saturated carbocycles. The van der Waals surface area contributed by atoms with Gasteiger partial charge in [0.1, 0.15) is 24.0 Å². The maximum absolute atomic E-state index is 14.9. The Kier molecular flexibility index (Phi) is 11.8. The number of esters is 1. The van der Waals surface area contributed by atoms with Gasteiger partial charge in [-0.3, -0.25) is 19.2 Å². The lowest BCUT2D eigenvalue weighted by Gasteiger charge is -2.40. The Balaban J connectivity index is 1.51. The summed E-state index contributed by atoms with van der Waals surface area (Å²) in [5, 5.41) is 13.8. The minimum Gasteiger partial charge on any atom is -0.497 e. The van der Waals surface area contributed by atoms with Crippen LogP contribution in [0.3, 0.4) is 0 Å². The highest BCUT2D eigenvalue weighted by Crippen LogP contribution is 2.59. The summed E-state index contributed by atoms with van der Waals surface area (Å²) < 4.78 is 17.6. The van der Waals surface area contributed by atoms with Crippen LogP contribution in [0.1, 0.15) is 57.6 Å². The van der Waals surface area contributed by atoms with Gasteiger partial charge in [0.15, 0.2) is 0 Å². The number of ether oxygens (including phenoxy) is 3. The third-order valence-electron chi connectivity index (χ3n) is 10.6. The average Bonchev–Trinajstić information content (AvgIpc) is 3.79. The number of nitrogens with one attached hydrogen (secondary N) is 1. The minimum absolute atomic E-state index is 0.0973. The van der Waals surface area contributed by atoms with E-state index in [9.17, 15) is 24.3 Å². The van der Waals surface area contributed by atoms with E-state index in [1.165, 1.54) is 4.90 Å². The van der Waals surface area contributed by atoms with E-state index in [1.54, 1.807) is 48.4 Å². The Bertz CT molecular complexity index is 1550. The van der Waals surface area contributed by atoms with Crippen molar-refractivity contribution in [3.63, 3.8) is 0 Å². The maximum Gasteiger partial charge on any atom is 0.306 e. The molecule has 2 aromatic rings. The molecule has 2 bridgehead atoms. The van der Waals surface area contributed by atoms with Crippen molar-refractivity contribution in [2.45, 2.75) is 75.8 Å². The number of carbonyl (C=O) groups excluding carboxylic acids is 4. The number of rotatable bonds is 17. The van der Waals surface area contributed by atoms with Gasteiger partial charge < -0.3 is 34.4 Å². The van der Waals surface area contributed by atoms with E-state index in [2.05, 4.69) is 18.5 Å². The number of nitrogens with zero attached hydrogens (tertiary/aromatic N) is 2. The standard InChI is InChI=1S/C39H49N3O8/c1-6-9-15-32(44)49-24-29(26-13-11-10-12-14-26)40-36(45)33-31-20-21-39(50-31)34(33)37(46)42(30(23-43)25(4)8-3)35(39)38(47)41(22-7-2)27-16-18-28(48-5)19-17-27/h6-7,10-14,16-19,25,29-31,33-35,43H,1-2,8-9,15,20-24H2,3-5H3,(H,40,45)/t25-,29-,30-,31+,33-,34-,35+,39-/m0/s1. The van der Waals surface area contributed by atoms with Gasteiger partial charge in [-0.05, 0) is 55.0 Å². The SMILES string of the molecule is C=CCCC(=O)OC[C@H](NC(=O)[C@@H]1[C@H]2C(=O)N([C@@H](CO)[C@@H](C)CC)[C@H](C(=O)N(CC=C)c3ccc(OC)cc3)[C@]23CC[C@H]1O3)c1ccccc1. The number of likely N-dealkylation sites (tertiary alicyclic amines) is 1. The van der Waals surface area contributed by atoms with Crippen molar-refractivity contribution in [3.05, 3.63) is 85.5 Å². The van der Waals surface area contributed by atoms with Crippen molar-refractivity contribution < 1.29 is 38.5 Å². The zero-order chi connectivity index (χ0) is 36.0. The topological polar surface area (TPSA) is 135 Å². The van der Waals surface area contributed by atoms with E-state index in [0.717, 1.165) is 5.56 Å². The number of hydrogen-bond acceptors (Lipinski definition) is 8. The summed E-state index contributed by atoms with van der Waals surface area (Å²) in [6, 6.07) is 13.8.